The van der Waals surface area contributed by atoms with Crippen LogP contribution >= 0.6 is 0 Å². The number of hydrogen-bond donors (Lipinski definition) is 1. The van der Waals surface area contributed by atoms with Gasteiger partial charge in [0, 0.05) is 23.7 Å². The third kappa shape index (κ3) is 11.3. The normalized spacial score (nSPS) is 11.8. The Morgan fingerprint density at radius 3 is 1.23 bits per heavy atom. The number of rotatable bonds is 9. The van der Waals surface area contributed by atoms with Crippen LogP contribution in [-0.2, 0) is 0 Å². The molecular weight excluding hydrogens is 322 g/mol. The molecule has 3 nitrogen and oxygen atoms in total. The minimum Gasteiger partial charge on any atom is -0.478 e. The fourth-order valence-corrected chi connectivity index (χ4v) is 4.13. The van der Waals surface area contributed by atoms with Crippen molar-refractivity contribution in [2.24, 2.45) is 23.7 Å². The maximum Gasteiger partial charge on any atom is 0.335 e. The molecule has 0 spiro atoms. The number of aromatic carboxylic acids is 1. The molecule has 0 saturated heterocycles. The molecule has 1 rings (SSSR count). The lowest BCUT2D eigenvalue weighted by Gasteiger charge is -2.44. The molecule has 0 bridgehead atoms. The quantitative estimate of drug-likeness (QED) is 0.561. The summed E-state index contributed by atoms with van der Waals surface area (Å²) in [7, 11) is 0. The summed E-state index contributed by atoms with van der Waals surface area (Å²) < 4.78 is 1.32. The Labute approximate surface area is 162 Å². The topological polar surface area (TPSA) is 37.3 Å². The molecule has 26 heavy (non-hydrogen) atoms. The van der Waals surface area contributed by atoms with Gasteiger partial charge in [-0.15, -0.1) is 0 Å². The minimum atomic E-state index is -0.879. The number of benzene rings is 1. The summed E-state index contributed by atoms with van der Waals surface area (Å²) in [6.07, 6.45) is 0. The van der Waals surface area contributed by atoms with E-state index in [9.17, 15) is 4.79 Å². The lowest BCUT2D eigenvalue weighted by atomic mass is 10.0. The van der Waals surface area contributed by atoms with Gasteiger partial charge >= 0.3 is 5.97 Å². The van der Waals surface area contributed by atoms with Gasteiger partial charge in [-0.1, -0.05) is 73.6 Å². The van der Waals surface area contributed by atoms with Gasteiger partial charge in [0.05, 0.1) is 31.7 Å². The second kappa shape index (κ2) is 12.1. The molecule has 0 radical (unpaired) electrons. The molecule has 1 aromatic carbocycles. The maximum absolute atomic E-state index is 10.2. The van der Waals surface area contributed by atoms with Crippen LogP contribution in [0.4, 0.5) is 0 Å². The molecule has 0 aliphatic carbocycles. The molecule has 1 N–H and O–H groups in total. The van der Waals surface area contributed by atoms with E-state index in [0.717, 1.165) is 23.7 Å². The Balaban J connectivity index is 0.000000577. The van der Waals surface area contributed by atoms with Gasteiger partial charge in [-0.05, 0) is 12.1 Å². The lowest BCUT2D eigenvalue weighted by molar-refractivity contribution is -0.938. The van der Waals surface area contributed by atoms with Crippen LogP contribution in [0.2, 0.25) is 0 Å². The number of carboxylic acids is 1. The molecule has 0 amide bonds. The van der Waals surface area contributed by atoms with Crippen LogP contribution in [0, 0.1) is 23.7 Å². The average molecular weight is 365 g/mol. The van der Waals surface area contributed by atoms with Crippen molar-refractivity contribution < 1.29 is 14.4 Å². The highest BCUT2D eigenvalue weighted by atomic mass is 16.4. The molecule has 0 atom stereocenters. The standard InChI is InChI=1S/C16H36N.C7H6O2/c1-13(2)9-17(10-14(3)4,11-15(5)6)12-16(7)8;8-7(9)6-4-2-1-3-5-6/h13-16H,9-12H2,1-8H3;1-5H,(H,8,9)/q+1;. The van der Waals surface area contributed by atoms with Gasteiger partial charge in [-0.2, -0.15) is 0 Å². The van der Waals surface area contributed by atoms with E-state index in [2.05, 4.69) is 55.4 Å². The molecule has 0 unspecified atom stereocenters. The Morgan fingerprint density at radius 2 is 1.04 bits per heavy atom. The molecular formula is C23H42NO2+. The predicted molar refractivity (Wildman–Crippen MR) is 112 cm³/mol. The van der Waals surface area contributed by atoms with E-state index < -0.39 is 5.97 Å². The van der Waals surface area contributed by atoms with Crippen molar-refractivity contribution in [1.29, 1.82) is 0 Å². The third-order valence-corrected chi connectivity index (χ3v) is 4.03. The molecule has 0 fully saturated rings. The lowest BCUT2D eigenvalue weighted by Crippen LogP contribution is -2.56. The minimum absolute atomic E-state index is 0.331. The number of quaternary nitrogens is 1. The molecule has 1 aromatic rings. The zero-order valence-corrected chi connectivity index (χ0v) is 18.3. The molecule has 0 aliphatic heterocycles. The van der Waals surface area contributed by atoms with Crippen molar-refractivity contribution in [2.75, 3.05) is 26.2 Å². The average Bonchev–Trinajstić information content (AvgIpc) is 2.45. The molecule has 3 heteroatoms. The van der Waals surface area contributed by atoms with E-state index in [1.165, 1.54) is 30.7 Å². The monoisotopic (exact) mass is 364 g/mol. The fourth-order valence-electron chi connectivity index (χ4n) is 4.13. The van der Waals surface area contributed by atoms with Crippen molar-refractivity contribution in [3.63, 3.8) is 0 Å². The summed E-state index contributed by atoms with van der Waals surface area (Å²) >= 11 is 0. The first kappa shape index (κ1) is 24.7. The Kier molecular flexibility index (Phi) is 11.5. The second-order valence-electron chi connectivity index (χ2n) is 9.32. The van der Waals surface area contributed by atoms with Gasteiger partial charge in [0.2, 0.25) is 0 Å². The van der Waals surface area contributed by atoms with Gasteiger partial charge in [-0.25, -0.2) is 4.79 Å². The SMILES string of the molecule is CC(C)C[N+](CC(C)C)(CC(C)C)CC(C)C.O=C(O)c1ccccc1. The van der Waals surface area contributed by atoms with Crippen molar-refractivity contribution >= 4 is 5.97 Å². The van der Waals surface area contributed by atoms with Crippen molar-refractivity contribution in [2.45, 2.75) is 55.4 Å². The zero-order chi connectivity index (χ0) is 20.3. The van der Waals surface area contributed by atoms with Crippen LogP contribution in [0.1, 0.15) is 65.7 Å². The van der Waals surface area contributed by atoms with Crippen LogP contribution < -0.4 is 0 Å². The fraction of sp³-hybridized carbons (Fsp3) is 0.696. The van der Waals surface area contributed by atoms with E-state index in [1.54, 1.807) is 30.3 Å². The number of carboxylic acid groups (broad SMARTS) is 1. The Morgan fingerprint density at radius 1 is 0.731 bits per heavy atom. The highest BCUT2D eigenvalue weighted by Gasteiger charge is 2.31. The van der Waals surface area contributed by atoms with Gasteiger partial charge < -0.3 is 9.59 Å². The number of hydrogen-bond acceptors (Lipinski definition) is 1. The number of carbonyl (C=O) groups is 1. The summed E-state index contributed by atoms with van der Waals surface area (Å²) in [6, 6.07) is 8.30. The van der Waals surface area contributed by atoms with Gasteiger partial charge in [0.1, 0.15) is 0 Å². The van der Waals surface area contributed by atoms with Crippen LogP contribution in [-0.4, -0.2) is 41.7 Å². The van der Waals surface area contributed by atoms with Gasteiger partial charge in [0.15, 0.2) is 0 Å². The zero-order valence-electron chi connectivity index (χ0n) is 18.3. The Bertz CT molecular complexity index is 447. The van der Waals surface area contributed by atoms with Crippen molar-refractivity contribution in [3.05, 3.63) is 35.9 Å². The van der Waals surface area contributed by atoms with Gasteiger partial charge in [-0.3, -0.25) is 0 Å². The van der Waals surface area contributed by atoms with Gasteiger partial charge in [0.25, 0.3) is 0 Å². The van der Waals surface area contributed by atoms with E-state index in [1.807, 2.05) is 0 Å². The van der Waals surface area contributed by atoms with E-state index >= 15 is 0 Å². The Hall–Kier alpha value is -1.35. The first-order valence-corrected chi connectivity index (χ1v) is 10.1. The molecule has 0 heterocycles. The summed E-state index contributed by atoms with van der Waals surface area (Å²) in [5, 5.41) is 8.38. The first-order chi connectivity index (χ1) is 12.0. The van der Waals surface area contributed by atoms with Crippen LogP contribution in [0.3, 0.4) is 0 Å². The molecule has 150 valence electrons. The van der Waals surface area contributed by atoms with Crippen LogP contribution in [0.5, 0.6) is 0 Å². The van der Waals surface area contributed by atoms with E-state index in [4.69, 9.17) is 5.11 Å². The molecule has 0 aromatic heterocycles. The highest BCUT2D eigenvalue weighted by molar-refractivity contribution is 5.87. The summed E-state index contributed by atoms with van der Waals surface area (Å²) in [5.74, 6) is 2.31. The van der Waals surface area contributed by atoms with Crippen molar-refractivity contribution in [1.82, 2.24) is 0 Å². The molecule has 0 aliphatic rings. The second-order valence-corrected chi connectivity index (χ2v) is 9.32. The van der Waals surface area contributed by atoms with Crippen LogP contribution in [0.25, 0.3) is 0 Å². The summed E-state index contributed by atoms with van der Waals surface area (Å²) in [5.41, 5.74) is 0.331. The van der Waals surface area contributed by atoms with E-state index in [-0.39, 0.29) is 0 Å². The van der Waals surface area contributed by atoms with Crippen LogP contribution in [0.15, 0.2) is 30.3 Å². The number of nitrogens with zero attached hydrogens (tertiary/aromatic N) is 1. The maximum atomic E-state index is 10.2. The largest absolute Gasteiger partial charge is 0.478 e. The summed E-state index contributed by atoms with van der Waals surface area (Å²) in [6.45, 7) is 24.3. The summed E-state index contributed by atoms with van der Waals surface area (Å²) in [4.78, 5) is 10.2. The van der Waals surface area contributed by atoms with E-state index in [0.29, 0.717) is 5.56 Å². The molecule has 0 saturated carbocycles. The third-order valence-electron chi connectivity index (χ3n) is 4.03. The smallest absolute Gasteiger partial charge is 0.335 e. The predicted octanol–water partition coefficient (Wildman–Crippen LogP) is 5.81. The van der Waals surface area contributed by atoms with Crippen molar-refractivity contribution in [3.8, 4) is 0 Å². The highest BCUT2D eigenvalue weighted by Crippen LogP contribution is 2.21. The first-order valence-electron chi connectivity index (χ1n) is 10.1.